The van der Waals surface area contributed by atoms with Crippen LogP contribution in [0, 0.1) is 17.8 Å². The van der Waals surface area contributed by atoms with Gasteiger partial charge < -0.3 is 54.7 Å². The Hall–Kier alpha value is -1.91. The van der Waals surface area contributed by atoms with E-state index < -0.39 is 71.5 Å². The van der Waals surface area contributed by atoms with Crippen LogP contribution in [0.2, 0.25) is 0 Å². The number of ketones is 1. The molecule has 13 atom stereocenters. The minimum atomic E-state index is -1.17. The van der Waals surface area contributed by atoms with Crippen LogP contribution in [0.25, 0.3) is 0 Å². The van der Waals surface area contributed by atoms with Gasteiger partial charge in [0.25, 0.3) is 0 Å². The zero-order chi connectivity index (χ0) is 36.0. The van der Waals surface area contributed by atoms with E-state index in [0.717, 1.165) is 0 Å². The normalized spacial score (nSPS) is 41.9. The first-order valence-corrected chi connectivity index (χ1v) is 17.6. The lowest BCUT2D eigenvalue weighted by molar-refractivity contribution is -0.297. The Balaban J connectivity index is 2.03. The molecule has 0 saturated carbocycles. The summed E-state index contributed by atoms with van der Waals surface area (Å²) < 4.78 is 31.1. The van der Waals surface area contributed by atoms with Gasteiger partial charge in [-0.3, -0.25) is 9.59 Å². The van der Waals surface area contributed by atoms with Crippen LogP contribution in [-0.2, 0) is 33.3 Å². The van der Waals surface area contributed by atoms with Crippen molar-refractivity contribution in [1.29, 1.82) is 0 Å². The van der Waals surface area contributed by atoms with Crippen LogP contribution in [-0.4, -0.2) is 140 Å². The number of amides is 1. The molecule has 14 nitrogen and oxygen atoms in total. The number of rotatable bonds is 10. The van der Waals surface area contributed by atoms with Gasteiger partial charge >= 0.3 is 12.1 Å². The second-order valence-electron chi connectivity index (χ2n) is 14.5. The minimum absolute atomic E-state index is 0.00408. The van der Waals surface area contributed by atoms with E-state index in [-0.39, 0.29) is 30.7 Å². The average molecular weight is 687 g/mol. The first-order chi connectivity index (χ1) is 22.6. The molecule has 3 aliphatic heterocycles. The number of hydrogen-bond donors (Lipinski definition) is 5. The van der Waals surface area contributed by atoms with Crippen LogP contribution in [0.15, 0.2) is 0 Å². The Kier molecular flexibility index (Phi) is 14.6. The number of aliphatic hydroxyl groups excluding tert-OH is 2. The summed E-state index contributed by atoms with van der Waals surface area (Å²) >= 11 is 0. The topological polar surface area (TPSA) is 177 Å². The summed E-state index contributed by atoms with van der Waals surface area (Å²) in [6.45, 7) is 14.2. The number of methoxy groups -OCH3 is 1. The van der Waals surface area contributed by atoms with Gasteiger partial charge in [0.2, 0.25) is 0 Å². The molecule has 3 rings (SSSR count). The van der Waals surface area contributed by atoms with Gasteiger partial charge in [-0.25, -0.2) is 4.79 Å². The molecule has 14 heteroatoms. The van der Waals surface area contributed by atoms with Crippen LogP contribution in [0.4, 0.5) is 4.79 Å². The number of aliphatic hydroxyl groups is 2. The highest BCUT2D eigenvalue weighted by Crippen LogP contribution is 2.38. The fourth-order valence-corrected chi connectivity index (χ4v) is 7.82. The number of esters is 1. The van der Waals surface area contributed by atoms with Crippen molar-refractivity contribution in [3.63, 3.8) is 0 Å². The number of alkyl carbamates (subject to hydrolysis) is 1. The zero-order valence-electron chi connectivity index (χ0n) is 30.6. The number of nitrogens with zero attached hydrogens (tertiary/aromatic N) is 1. The van der Waals surface area contributed by atoms with Crippen molar-refractivity contribution >= 4 is 17.8 Å². The number of fused-ring (bicyclic) bond motifs is 1. The van der Waals surface area contributed by atoms with Crippen LogP contribution in [0.5, 0.6) is 0 Å². The molecule has 5 unspecified atom stereocenters. The second-order valence-corrected chi connectivity index (χ2v) is 14.5. The van der Waals surface area contributed by atoms with Crippen molar-refractivity contribution in [2.75, 3.05) is 47.4 Å². The largest absolute Gasteiger partial charge is 0.457 e. The van der Waals surface area contributed by atoms with Gasteiger partial charge in [0.1, 0.15) is 18.1 Å². The summed E-state index contributed by atoms with van der Waals surface area (Å²) in [5.41, 5.74) is -2.18. The maximum Gasteiger partial charge on any atom is 0.408 e. The number of nitrogens with one attached hydrogen (secondary N) is 3. The summed E-state index contributed by atoms with van der Waals surface area (Å²) in [6, 6.07) is -1.04. The fourth-order valence-electron chi connectivity index (χ4n) is 7.82. The maximum absolute atomic E-state index is 14.2. The summed E-state index contributed by atoms with van der Waals surface area (Å²) in [6.07, 6.45) is -3.02. The van der Waals surface area contributed by atoms with Crippen LogP contribution in [0.3, 0.4) is 0 Å². The SMILES string of the molecule is CC[C@H]1OC(=O)C(C)C(=O)[C@H](C)[C@@H](OC2OC(CNCCO)CC(N(C)C)C2O)[C@](C)(OC)C[C@@H](C)CN[C@H](C)[C@H]2NC(=O)O[C@@]21CC. The molecule has 3 heterocycles. The average Bonchev–Trinajstić information content (AvgIpc) is 3.41. The molecule has 0 radical (unpaired) electrons. The van der Waals surface area contributed by atoms with Gasteiger partial charge in [-0.15, -0.1) is 0 Å². The van der Waals surface area contributed by atoms with E-state index >= 15 is 0 Å². The first kappa shape index (κ1) is 40.5. The molecule has 1 amide bonds. The quantitative estimate of drug-likeness (QED) is 0.126. The Bertz CT molecular complexity index is 1080. The molecule has 0 aromatic carbocycles. The molecule has 3 saturated heterocycles. The summed E-state index contributed by atoms with van der Waals surface area (Å²) in [4.78, 5) is 42.5. The van der Waals surface area contributed by atoms with Crippen LogP contribution >= 0.6 is 0 Å². The van der Waals surface area contributed by atoms with Gasteiger partial charge in [-0.1, -0.05) is 27.7 Å². The molecule has 0 spiro atoms. The molecular formula is C34H62N4O10. The Labute approximate surface area is 286 Å². The number of Topliss-reactive ketones (excluding diaryl/α,β-unsaturated/α-hetero) is 1. The monoisotopic (exact) mass is 686 g/mol. The molecule has 3 fully saturated rings. The molecule has 5 N–H and O–H groups in total. The van der Waals surface area contributed by atoms with E-state index in [2.05, 4.69) is 22.9 Å². The molecule has 278 valence electrons. The Morgan fingerprint density at radius 3 is 2.40 bits per heavy atom. The maximum atomic E-state index is 14.2. The highest BCUT2D eigenvalue weighted by Gasteiger charge is 2.57. The van der Waals surface area contributed by atoms with Crippen molar-refractivity contribution in [1.82, 2.24) is 20.9 Å². The van der Waals surface area contributed by atoms with Crippen LogP contribution in [0.1, 0.15) is 74.1 Å². The predicted octanol–water partition coefficient (Wildman–Crippen LogP) is 1.20. The zero-order valence-corrected chi connectivity index (χ0v) is 30.6. The Morgan fingerprint density at radius 2 is 1.81 bits per heavy atom. The van der Waals surface area contributed by atoms with Crippen molar-refractivity contribution < 1.29 is 48.3 Å². The summed E-state index contributed by atoms with van der Waals surface area (Å²) in [5.74, 6) is -3.16. The molecule has 0 aromatic rings. The molecule has 0 aliphatic carbocycles. The molecular weight excluding hydrogens is 624 g/mol. The van der Waals surface area contributed by atoms with Crippen molar-refractivity contribution in [3.8, 4) is 0 Å². The fraction of sp³-hybridized carbons (Fsp3) is 0.912. The highest BCUT2D eigenvalue weighted by molar-refractivity contribution is 6.00. The number of hydrogen-bond acceptors (Lipinski definition) is 13. The number of likely N-dealkylation sites (N-methyl/N-ethyl adjacent to an activating group) is 1. The third kappa shape index (κ3) is 8.87. The predicted molar refractivity (Wildman–Crippen MR) is 178 cm³/mol. The van der Waals surface area contributed by atoms with E-state index in [1.807, 2.05) is 46.7 Å². The number of ether oxygens (including phenoxy) is 5. The number of cyclic esters (lactones) is 1. The lowest BCUT2D eigenvalue weighted by Crippen LogP contribution is -2.61. The van der Waals surface area contributed by atoms with Gasteiger partial charge in [-0.05, 0) is 73.0 Å². The Morgan fingerprint density at radius 1 is 1.12 bits per heavy atom. The van der Waals surface area contributed by atoms with Gasteiger partial charge in [-0.2, -0.15) is 0 Å². The lowest BCUT2D eigenvalue weighted by Gasteiger charge is -2.47. The van der Waals surface area contributed by atoms with Crippen molar-refractivity contribution in [3.05, 3.63) is 0 Å². The molecule has 3 aliphatic rings. The van der Waals surface area contributed by atoms with Gasteiger partial charge in [0.05, 0.1) is 30.5 Å². The first-order valence-electron chi connectivity index (χ1n) is 17.6. The lowest BCUT2D eigenvalue weighted by atomic mass is 9.78. The second kappa shape index (κ2) is 17.3. The van der Waals surface area contributed by atoms with Gasteiger partial charge in [0, 0.05) is 38.2 Å². The molecule has 48 heavy (non-hydrogen) atoms. The third-order valence-corrected chi connectivity index (χ3v) is 10.7. The summed E-state index contributed by atoms with van der Waals surface area (Å²) in [5, 5.41) is 30.4. The van der Waals surface area contributed by atoms with E-state index in [1.54, 1.807) is 14.0 Å². The number of carbonyl (C=O) groups excluding carboxylic acids is 3. The van der Waals surface area contributed by atoms with E-state index in [4.69, 9.17) is 23.7 Å². The standard InChI is InChI=1S/C34H62N4O10/c1-11-25-34(12-2)28(37-32(43)48-34)22(6)36-17-19(3)16-33(7,44-10)29(20(4)26(40)21(5)30(42)46-25)47-31-27(41)24(38(8)9)15-23(45-31)18-35-13-14-39/h19-25,27-29,31,35-36,39,41H,11-18H2,1-10H3,(H,37,43)/t19-,20+,21?,22-,23?,24?,25-,27?,28-,29-,31?,33-,34-/m1/s1. The molecule has 0 bridgehead atoms. The minimum Gasteiger partial charge on any atom is -0.457 e. The van der Waals surface area contributed by atoms with Gasteiger partial charge in [0.15, 0.2) is 17.7 Å². The highest BCUT2D eigenvalue weighted by atomic mass is 16.7. The van der Waals surface area contributed by atoms with Crippen molar-refractivity contribution in [2.45, 2.75) is 134 Å². The third-order valence-electron chi connectivity index (χ3n) is 10.7. The smallest absolute Gasteiger partial charge is 0.408 e. The van der Waals surface area contributed by atoms with Crippen molar-refractivity contribution in [2.24, 2.45) is 17.8 Å². The summed E-state index contributed by atoms with van der Waals surface area (Å²) in [7, 11) is 5.32. The van der Waals surface area contributed by atoms with Crippen LogP contribution < -0.4 is 16.0 Å². The van der Waals surface area contributed by atoms with E-state index in [1.165, 1.54) is 6.92 Å². The number of carbonyl (C=O) groups is 3. The molecule has 0 aromatic heterocycles. The van der Waals surface area contributed by atoms with E-state index in [9.17, 15) is 24.6 Å². The van der Waals surface area contributed by atoms with E-state index in [0.29, 0.717) is 45.3 Å².